The Kier molecular flexibility index (Phi) is 3.37. The molecule has 0 aromatic carbocycles. The quantitative estimate of drug-likeness (QED) is 0.642. The van der Waals surface area contributed by atoms with Crippen molar-refractivity contribution in [1.82, 2.24) is 15.2 Å². The van der Waals surface area contributed by atoms with Crippen molar-refractivity contribution in [3.63, 3.8) is 0 Å². The summed E-state index contributed by atoms with van der Waals surface area (Å²) in [4.78, 5) is 0. The van der Waals surface area contributed by atoms with Gasteiger partial charge in [0.2, 0.25) is 0 Å². The van der Waals surface area contributed by atoms with Crippen LogP contribution in [0.15, 0.2) is 6.20 Å². The largest absolute Gasteiger partial charge is 0.375 e. The van der Waals surface area contributed by atoms with Crippen LogP contribution in [-0.4, -0.2) is 22.0 Å². The second kappa shape index (κ2) is 4.89. The number of hydrazine groups is 1. The average molecular weight is 264 g/mol. The minimum Gasteiger partial charge on any atom is -0.375 e. The summed E-state index contributed by atoms with van der Waals surface area (Å²) in [6.45, 7) is 2.97. The molecule has 1 aromatic heterocycles. The molecule has 0 bridgehead atoms. The van der Waals surface area contributed by atoms with Crippen molar-refractivity contribution < 1.29 is 4.74 Å². The van der Waals surface area contributed by atoms with Gasteiger partial charge in [0.05, 0.1) is 17.8 Å². The van der Waals surface area contributed by atoms with E-state index in [0.29, 0.717) is 5.92 Å². The molecule has 19 heavy (non-hydrogen) atoms. The molecule has 2 fully saturated rings. The van der Waals surface area contributed by atoms with E-state index in [-0.39, 0.29) is 11.6 Å². The Bertz CT molecular complexity index is 452. The molecule has 1 aliphatic carbocycles. The number of hydrogen-bond acceptors (Lipinski definition) is 4. The van der Waals surface area contributed by atoms with E-state index in [1.807, 2.05) is 17.9 Å². The Balaban J connectivity index is 1.80. The molecule has 1 spiro atoms. The molecule has 1 aliphatic heterocycles. The maximum atomic E-state index is 6.01. The van der Waals surface area contributed by atoms with Gasteiger partial charge in [-0.1, -0.05) is 0 Å². The molecule has 1 saturated heterocycles. The smallest absolute Gasteiger partial charge is 0.0686 e. The molecule has 1 saturated carbocycles. The summed E-state index contributed by atoms with van der Waals surface area (Å²) in [5, 5.41) is 4.34. The average Bonchev–Trinajstić information content (AvgIpc) is 2.71. The third kappa shape index (κ3) is 2.20. The standard InChI is InChI=1S/C14H24N4O/c1-10-12(9-16-18(10)2)13(17-15)11-4-7-19-14(8-11)5-3-6-14/h9,11,13,17H,3-8,15H2,1-2H3. The van der Waals surface area contributed by atoms with Gasteiger partial charge in [0.25, 0.3) is 0 Å². The van der Waals surface area contributed by atoms with Crippen LogP contribution in [0, 0.1) is 12.8 Å². The molecule has 2 aliphatic rings. The maximum absolute atomic E-state index is 6.01. The van der Waals surface area contributed by atoms with Crippen LogP contribution in [-0.2, 0) is 11.8 Å². The van der Waals surface area contributed by atoms with Gasteiger partial charge < -0.3 is 4.74 Å². The molecule has 0 radical (unpaired) electrons. The first-order chi connectivity index (χ1) is 9.15. The normalized spacial score (nSPS) is 27.2. The monoisotopic (exact) mass is 264 g/mol. The van der Waals surface area contributed by atoms with Crippen molar-refractivity contribution in [3.05, 3.63) is 17.5 Å². The molecule has 2 unspecified atom stereocenters. The van der Waals surface area contributed by atoms with E-state index >= 15 is 0 Å². The lowest BCUT2D eigenvalue weighted by molar-refractivity contribution is -0.147. The van der Waals surface area contributed by atoms with Crippen molar-refractivity contribution in [2.45, 2.75) is 50.7 Å². The number of aryl methyl sites for hydroxylation is 1. The molecule has 5 heteroatoms. The number of nitrogens with two attached hydrogens (primary N) is 1. The van der Waals surface area contributed by atoms with Crippen LogP contribution >= 0.6 is 0 Å². The minimum atomic E-state index is 0.161. The van der Waals surface area contributed by atoms with E-state index in [1.54, 1.807) is 0 Å². The fraction of sp³-hybridized carbons (Fsp3) is 0.786. The first kappa shape index (κ1) is 13.1. The van der Waals surface area contributed by atoms with Crippen molar-refractivity contribution in [1.29, 1.82) is 0 Å². The number of rotatable bonds is 3. The molecule has 3 rings (SSSR count). The van der Waals surface area contributed by atoms with Crippen LogP contribution in [0.1, 0.15) is 49.4 Å². The maximum Gasteiger partial charge on any atom is 0.0686 e. The number of hydrogen-bond donors (Lipinski definition) is 2. The SMILES string of the molecule is Cc1c(C(NN)C2CCOC3(CCC3)C2)cnn1C. The Morgan fingerprint density at radius 3 is 2.89 bits per heavy atom. The van der Waals surface area contributed by atoms with Gasteiger partial charge >= 0.3 is 0 Å². The number of ether oxygens (including phenoxy) is 1. The topological polar surface area (TPSA) is 65.1 Å². The third-order valence-corrected chi connectivity index (χ3v) is 5.06. The minimum absolute atomic E-state index is 0.161. The van der Waals surface area contributed by atoms with Crippen molar-refractivity contribution in [2.24, 2.45) is 18.8 Å². The lowest BCUT2D eigenvalue weighted by atomic mass is 9.70. The summed E-state index contributed by atoms with van der Waals surface area (Å²) in [5.74, 6) is 6.38. The molecule has 2 heterocycles. The molecule has 2 atom stereocenters. The Hall–Kier alpha value is -0.910. The van der Waals surface area contributed by atoms with Crippen LogP contribution in [0.4, 0.5) is 0 Å². The van der Waals surface area contributed by atoms with Gasteiger partial charge in [0.15, 0.2) is 0 Å². The predicted molar refractivity (Wildman–Crippen MR) is 73.3 cm³/mol. The Morgan fingerprint density at radius 2 is 2.37 bits per heavy atom. The van der Waals surface area contributed by atoms with Gasteiger partial charge in [-0.3, -0.25) is 16.0 Å². The molecule has 5 nitrogen and oxygen atoms in total. The van der Waals surface area contributed by atoms with E-state index in [2.05, 4.69) is 17.4 Å². The molecule has 1 aromatic rings. The zero-order valence-electron chi connectivity index (χ0n) is 11.9. The van der Waals surface area contributed by atoms with Crippen LogP contribution in [0.2, 0.25) is 0 Å². The fourth-order valence-electron chi connectivity index (χ4n) is 3.57. The second-order valence-corrected chi connectivity index (χ2v) is 6.09. The van der Waals surface area contributed by atoms with Crippen LogP contribution in [0.3, 0.4) is 0 Å². The first-order valence-electron chi connectivity index (χ1n) is 7.24. The van der Waals surface area contributed by atoms with E-state index in [1.165, 1.54) is 30.5 Å². The van der Waals surface area contributed by atoms with Crippen molar-refractivity contribution in [2.75, 3.05) is 6.61 Å². The molecule has 3 N–H and O–H groups in total. The van der Waals surface area contributed by atoms with Gasteiger partial charge in [0, 0.05) is 24.9 Å². The molecule has 106 valence electrons. The number of nitrogens with one attached hydrogen (secondary N) is 1. The number of aromatic nitrogens is 2. The lowest BCUT2D eigenvalue weighted by Gasteiger charge is -2.48. The zero-order chi connectivity index (χ0) is 13.5. The van der Waals surface area contributed by atoms with E-state index in [0.717, 1.165) is 19.4 Å². The van der Waals surface area contributed by atoms with Gasteiger partial charge in [-0.05, 0) is 44.9 Å². The Labute approximate surface area is 114 Å². The summed E-state index contributed by atoms with van der Waals surface area (Å²) in [6, 6.07) is 0.190. The highest BCUT2D eigenvalue weighted by Gasteiger charge is 2.44. The van der Waals surface area contributed by atoms with Gasteiger partial charge in [-0.25, -0.2) is 0 Å². The van der Waals surface area contributed by atoms with Crippen LogP contribution in [0.25, 0.3) is 0 Å². The van der Waals surface area contributed by atoms with E-state index in [4.69, 9.17) is 10.6 Å². The lowest BCUT2D eigenvalue weighted by Crippen LogP contribution is -2.48. The second-order valence-electron chi connectivity index (χ2n) is 6.09. The summed E-state index contributed by atoms with van der Waals surface area (Å²) in [5.41, 5.74) is 5.60. The summed E-state index contributed by atoms with van der Waals surface area (Å²) in [6.07, 6.45) is 7.88. The summed E-state index contributed by atoms with van der Waals surface area (Å²) in [7, 11) is 1.98. The summed E-state index contributed by atoms with van der Waals surface area (Å²) >= 11 is 0. The van der Waals surface area contributed by atoms with E-state index < -0.39 is 0 Å². The number of nitrogens with zero attached hydrogens (tertiary/aromatic N) is 2. The van der Waals surface area contributed by atoms with Crippen molar-refractivity contribution >= 4 is 0 Å². The Morgan fingerprint density at radius 1 is 1.58 bits per heavy atom. The predicted octanol–water partition coefficient (Wildman–Crippen LogP) is 1.58. The fourth-order valence-corrected chi connectivity index (χ4v) is 3.57. The third-order valence-electron chi connectivity index (χ3n) is 5.06. The highest BCUT2D eigenvalue weighted by atomic mass is 16.5. The highest BCUT2D eigenvalue weighted by Crippen LogP contribution is 2.47. The van der Waals surface area contributed by atoms with Crippen molar-refractivity contribution in [3.8, 4) is 0 Å². The zero-order valence-corrected chi connectivity index (χ0v) is 11.9. The molecular formula is C14H24N4O. The van der Waals surface area contributed by atoms with Crippen LogP contribution in [0.5, 0.6) is 0 Å². The van der Waals surface area contributed by atoms with Gasteiger partial charge in [-0.2, -0.15) is 5.10 Å². The summed E-state index contributed by atoms with van der Waals surface area (Å²) < 4.78 is 7.92. The van der Waals surface area contributed by atoms with Gasteiger partial charge in [-0.15, -0.1) is 0 Å². The van der Waals surface area contributed by atoms with E-state index in [9.17, 15) is 0 Å². The molecular weight excluding hydrogens is 240 g/mol. The molecule has 0 amide bonds. The van der Waals surface area contributed by atoms with Crippen LogP contribution < -0.4 is 11.3 Å². The van der Waals surface area contributed by atoms with Gasteiger partial charge in [0.1, 0.15) is 0 Å². The highest BCUT2D eigenvalue weighted by molar-refractivity contribution is 5.21. The first-order valence-corrected chi connectivity index (χ1v) is 7.24.